The van der Waals surface area contributed by atoms with Gasteiger partial charge in [0.05, 0.1) is 12.5 Å². The molecule has 0 heterocycles. The van der Waals surface area contributed by atoms with Crippen LogP contribution in [0, 0.1) is 5.41 Å². The predicted molar refractivity (Wildman–Crippen MR) is 88.2 cm³/mol. The van der Waals surface area contributed by atoms with E-state index in [1.165, 1.54) is 0 Å². The monoisotopic (exact) mass is 320 g/mol. The van der Waals surface area contributed by atoms with Crippen molar-refractivity contribution in [3.8, 4) is 0 Å². The van der Waals surface area contributed by atoms with Gasteiger partial charge in [0, 0.05) is 12.1 Å². The molecule has 0 fully saturated rings. The summed E-state index contributed by atoms with van der Waals surface area (Å²) in [7, 11) is 0. The minimum absolute atomic E-state index is 0.117. The largest absolute Gasteiger partial charge is 0.481 e. The van der Waals surface area contributed by atoms with Crippen LogP contribution >= 0.6 is 0 Å². The summed E-state index contributed by atoms with van der Waals surface area (Å²) in [6.45, 7) is 7.30. The van der Waals surface area contributed by atoms with E-state index in [1.807, 2.05) is 20.8 Å². The number of carbonyl (C=O) groups excluding carboxylic acids is 2. The van der Waals surface area contributed by atoms with E-state index >= 15 is 0 Å². The fraction of sp³-hybridized carbons (Fsp3) is 0.471. The average molecular weight is 320 g/mol. The van der Waals surface area contributed by atoms with E-state index in [2.05, 4.69) is 10.6 Å². The topological polar surface area (TPSA) is 95.5 Å². The van der Waals surface area contributed by atoms with Crippen LogP contribution in [-0.4, -0.2) is 29.4 Å². The van der Waals surface area contributed by atoms with Crippen molar-refractivity contribution in [2.24, 2.45) is 5.41 Å². The van der Waals surface area contributed by atoms with E-state index in [0.717, 1.165) is 0 Å². The molecule has 0 saturated carbocycles. The highest BCUT2D eigenvalue weighted by molar-refractivity contribution is 5.94. The Balaban J connectivity index is 2.56. The highest BCUT2D eigenvalue weighted by atomic mass is 16.4. The lowest BCUT2D eigenvalue weighted by atomic mass is 9.92. The molecule has 1 unspecified atom stereocenters. The normalized spacial score (nSPS) is 12.3. The van der Waals surface area contributed by atoms with Gasteiger partial charge in [0.2, 0.25) is 11.8 Å². The Labute approximate surface area is 136 Å². The van der Waals surface area contributed by atoms with Gasteiger partial charge in [0.15, 0.2) is 0 Å². The molecule has 6 heteroatoms. The lowest BCUT2D eigenvalue weighted by Crippen LogP contribution is -2.34. The Bertz CT molecular complexity index is 591. The van der Waals surface area contributed by atoms with Gasteiger partial charge in [-0.2, -0.15) is 0 Å². The zero-order valence-electron chi connectivity index (χ0n) is 14.0. The van der Waals surface area contributed by atoms with Gasteiger partial charge >= 0.3 is 5.97 Å². The summed E-state index contributed by atoms with van der Waals surface area (Å²) in [4.78, 5) is 34.5. The van der Waals surface area contributed by atoms with Crippen molar-refractivity contribution in [2.75, 3.05) is 11.9 Å². The number of hydrogen-bond donors (Lipinski definition) is 3. The van der Waals surface area contributed by atoms with Crippen LogP contribution in [0.3, 0.4) is 0 Å². The van der Waals surface area contributed by atoms with Crippen molar-refractivity contribution in [3.63, 3.8) is 0 Å². The first-order valence-corrected chi connectivity index (χ1v) is 7.48. The first kappa shape index (κ1) is 18.7. The van der Waals surface area contributed by atoms with Crippen molar-refractivity contribution >= 4 is 23.5 Å². The van der Waals surface area contributed by atoms with Gasteiger partial charge in [-0.25, -0.2) is 0 Å². The van der Waals surface area contributed by atoms with Gasteiger partial charge in [0.1, 0.15) is 0 Å². The summed E-state index contributed by atoms with van der Waals surface area (Å²) < 4.78 is 0. The molecule has 0 aliphatic carbocycles. The molecule has 0 aliphatic rings. The molecule has 1 aromatic rings. The van der Waals surface area contributed by atoms with Crippen LogP contribution in [0.5, 0.6) is 0 Å². The fourth-order valence-electron chi connectivity index (χ4n) is 1.96. The smallest absolute Gasteiger partial charge is 0.310 e. The maximum atomic E-state index is 11.9. The number of nitrogens with one attached hydrogen (secondary N) is 2. The third-order valence-corrected chi connectivity index (χ3v) is 3.18. The minimum Gasteiger partial charge on any atom is -0.481 e. The molecular weight excluding hydrogens is 296 g/mol. The van der Waals surface area contributed by atoms with Crippen molar-refractivity contribution in [1.82, 2.24) is 5.32 Å². The number of rotatable bonds is 6. The number of hydrogen-bond acceptors (Lipinski definition) is 3. The molecule has 0 radical (unpaired) electrons. The molecule has 0 aromatic heterocycles. The summed E-state index contributed by atoms with van der Waals surface area (Å²) in [6.07, 6.45) is 0.339. The van der Waals surface area contributed by atoms with Gasteiger partial charge in [-0.3, -0.25) is 14.4 Å². The number of carboxylic acids is 1. The fourth-order valence-corrected chi connectivity index (χ4v) is 1.96. The first-order valence-electron chi connectivity index (χ1n) is 7.48. The number of benzene rings is 1. The zero-order chi connectivity index (χ0) is 17.6. The summed E-state index contributed by atoms with van der Waals surface area (Å²) in [5.74, 6) is -2.12. The lowest BCUT2D eigenvalue weighted by Gasteiger charge is -2.17. The van der Waals surface area contributed by atoms with Gasteiger partial charge in [0.25, 0.3) is 0 Å². The Hall–Kier alpha value is -2.37. The second-order valence-electron chi connectivity index (χ2n) is 6.75. The molecule has 3 N–H and O–H groups in total. The third kappa shape index (κ3) is 6.95. The maximum absolute atomic E-state index is 11.9. The highest BCUT2D eigenvalue weighted by Gasteiger charge is 2.17. The Kier molecular flexibility index (Phi) is 6.30. The van der Waals surface area contributed by atoms with Crippen LogP contribution in [0.15, 0.2) is 24.3 Å². The van der Waals surface area contributed by atoms with Crippen molar-refractivity contribution in [3.05, 3.63) is 29.8 Å². The Morgan fingerprint density at radius 3 is 2.39 bits per heavy atom. The van der Waals surface area contributed by atoms with E-state index in [1.54, 1.807) is 31.2 Å². The van der Waals surface area contributed by atoms with E-state index < -0.39 is 11.9 Å². The summed E-state index contributed by atoms with van der Waals surface area (Å²) in [6, 6.07) is 6.67. The van der Waals surface area contributed by atoms with Crippen LogP contribution in [-0.2, 0) is 14.4 Å². The van der Waals surface area contributed by atoms with Crippen LogP contribution in [0.4, 0.5) is 5.69 Å². The second-order valence-corrected chi connectivity index (χ2v) is 6.75. The van der Waals surface area contributed by atoms with Crippen molar-refractivity contribution < 1.29 is 19.5 Å². The molecule has 126 valence electrons. The minimum atomic E-state index is -0.928. The number of anilines is 1. The Morgan fingerprint density at radius 1 is 1.17 bits per heavy atom. The van der Waals surface area contributed by atoms with Crippen LogP contribution in [0.25, 0.3) is 0 Å². The van der Waals surface area contributed by atoms with Crippen molar-refractivity contribution in [1.29, 1.82) is 0 Å². The van der Waals surface area contributed by atoms with E-state index in [4.69, 9.17) is 5.11 Å². The molecule has 0 spiro atoms. The standard InChI is InChI=1S/C17H24N2O4/c1-11(16(22)23)12-6-5-7-13(8-12)19-15(21)10-18-14(20)9-17(2,3)4/h5-8,11H,9-10H2,1-4H3,(H,18,20)(H,19,21)(H,22,23). The predicted octanol–water partition coefficient (Wildman–Crippen LogP) is 2.37. The molecule has 0 bridgehead atoms. The van der Waals surface area contributed by atoms with E-state index in [-0.39, 0.29) is 23.8 Å². The molecule has 0 aliphatic heterocycles. The number of carboxylic acid groups (broad SMARTS) is 1. The van der Waals surface area contributed by atoms with E-state index in [0.29, 0.717) is 17.7 Å². The SMILES string of the molecule is CC(C(=O)O)c1cccc(NC(=O)CNC(=O)CC(C)(C)C)c1. The summed E-state index contributed by atoms with van der Waals surface area (Å²) in [5.41, 5.74) is 0.972. The van der Waals surface area contributed by atoms with Gasteiger partial charge in [-0.15, -0.1) is 0 Å². The Morgan fingerprint density at radius 2 is 1.83 bits per heavy atom. The molecule has 1 atom stereocenters. The molecule has 23 heavy (non-hydrogen) atoms. The second kappa shape index (κ2) is 7.76. The van der Waals surface area contributed by atoms with Gasteiger partial charge in [-0.1, -0.05) is 32.9 Å². The van der Waals surface area contributed by atoms with Gasteiger partial charge in [-0.05, 0) is 30.0 Å². The molecule has 0 saturated heterocycles. The third-order valence-electron chi connectivity index (χ3n) is 3.18. The maximum Gasteiger partial charge on any atom is 0.310 e. The summed E-state index contributed by atoms with van der Waals surface area (Å²) >= 11 is 0. The van der Waals surface area contributed by atoms with Gasteiger partial charge < -0.3 is 15.7 Å². The molecule has 6 nitrogen and oxygen atoms in total. The number of carbonyl (C=O) groups is 3. The average Bonchev–Trinajstić information content (AvgIpc) is 2.42. The number of aliphatic carboxylic acids is 1. The lowest BCUT2D eigenvalue weighted by molar-refractivity contribution is -0.138. The number of amides is 2. The highest BCUT2D eigenvalue weighted by Crippen LogP contribution is 2.19. The molecule has 1 rings (SSSR count). The molecular formula is C17H24N2O4. The zero-order valence-corrected chi connectivity index (χ0v) is 14.0. The van der Waals surface area contributed by atoms with Crippen LogP contribution in [0.2, 0.25) is 0 Å². The van der Waals surface area contributed by atoms with Crippen molar-refractivity contribution in [2.45, 2.75) is 40.0 Å². The molecule has 2 amide bonds. The quantitative estimate of drug-likeness (QED) is 0.750. The van der Waals surface area contributed by atoms with Crippen LogP contribution < -0.4 is 10.6 Å². The summed E-state index contributed by atoms with van der Waals surface area (Å²) in [5, 5.41) is 14.2. The first-order chi connectivity index (χ1) is 10.6. The molecule has 1 aromatic carbocycles. The van der Waals surface area contributed by atoms with Crippen LogP contribution in [0.1, 0.15) is 45.6 Å². The van der Waals surface area contributed by atoms with E-state index in [9.17, 15) is 14.4 Å².